The first-order chi connectivity index (χ1) is 12.1. The third kappa shape index (κ3) is 3.61. The van der Waals surface area contributed by atoms with E-state index in [1.165, 1.54) is 0 Å². The van der Waals surface area contributed by atoms with E-state index in [1.54, 1.807) is 42.6 Å². The zero-order valence-corrected chi connectivity index (χ0v) is 14.3. The van der Waals surface area contributed by atoms with E-state index in [2.05, 4.69) is 15.8 Å². The van der Waals surface area contributed by atoms with Gasteiger partial charge >= 0.3 is 0 Å². The number of aromatic nitrogens is 1. The summed E-state index contributed by atoms with van der Waals surface area (Å²) in [4.78, 5) is 28.7. The SMILES string of the molecule is CCc1ccc(C(=O)NNC(=O)c2ccc(Cl)c3cccnc23)cc1. The zero-order valence-electron chi connectivity index (χ0n) is 13.5. The van der Waals surface area contributed by atoms with E-state index in [1.807, 2.05) is 19.1 Å². The number of carbonyl (C=O) groups is 2. The number of aryl methyl sites for hydroxylation is 1. The van der Waals surface area contributed by atoms with Crippen molar-refractivity contribution in [2.24, 2.45) is 0 Å². The normalized spacial score (nSPS) is 10.5. The summed E-state index contributed by atoms with van der Waals surface area (Å²) >= 11 is 6.12. The molecular formula is C19H16ClN3O2. The van der Waals surface area contributed by atoms with E-state index in [9.17, 15) is 9.59 Å². The molecule has 0 atom stereocenters. The monoisotopic (exact) mass is 353 g/mol. The van der Waals surface area contributed by atoms with Crippen LogP contribution in [0.1, 0.15) is 33.2 Å². The highest BCUT2D eigenvalue weighted by Gasteiger charge is 2.14. The second-order valence-corrected chi connectivity index (χ2v) is 5.86. The van der Waals surface area contributed by atoms with Crippen LogP contribution >= 0.6 is 11.6 Å². The molecule has 6 heteroatoms. The number of amides is 2. The lowest BCUT2D eigenvalue weighted by Crippen LogP contribution is -2.41. The lowest BCUT2D eigenvalue weighted by Gasteiger charge is -2.10. The van der Waals surface area contributed by atoms with Gasteiger partial charge in [-0.15, -0.1) is 0 Å². The number of pyridine rings is 1. The standard InChI is InChI=1S/C19H16ClN3O2/c1-2-12-5-7-13(8-6-12)18(24)22-23-19(25)15-9-10-16(20)14-4-3-11-21-17(14)15/h3-11H,2H2,1H3,(H,22,24)(H,23,25). The first-order valence-electron chi connectivity index (χ1n) is 7.83. The van der Waals surface area contributed by atoms with E-state index >= 15 is 0 Å². The summed E-state index contributed by atoms with van der Waals surface area (Å²) in [6.45, 7) is 2.04. The Labute approximate surface area is 150 Å². The lowest BCUT2D eigenvalue weighted by molar-refractivity contribution is 0.0847. The van der Waals surface area contributed by atoms with Gasteiger partial charge < -0.3 is 0 Å². The molecule has 0 aliphatic rings. The molecule has 1 heterocycles. The molecule has 3 aromatic rings. The van der Waals surface area contributed by atoms with Crippen molar-refractivity contribution in [1.29, 1.82) is 0 Å². The van der Waals surface area contributed by atoms with Gasteiger partial charge in [-0.1, -0.05) is 30.7 Å². The smallest absolute Gasteiger partial charge is 0.267 e. The molecule has 0 saturated carbocycles. The maximum atomic E-state index is 12.4. The molecule has 0 radical (unpaired) electrons. The van der Waals surface area contributed by atoms with E-state index in [-0.39, 0.29) is 5.91 Å². The Bertz CT molecular complexity index is 939. The summed E-state index contributed by atoms with van der Waals surface area (Å²) in [6.07, 6.45) is 2.48. The van der Waals surface area contributed by atoms with Crippen molar-refractivity contribution in [3.8, 4) is 0 Å². The van der Waals surface area contributed by atoms with Crippen LogP contribution in [0.3, 0.4) is 0 Å². The van der Waals surface area contributed by atoms with Crippen LogP contribution in [0.5, 0.6) is 0 Å². The van der Waals surface area contributed by atoms with E-state index in [0.29, 0.717) is 27.1 Å². The molecule has 0 fully saturated rings. The maximum Gasteiger partial charge on any atom is 0.271 e. The number of carbonyl (C=O) groups excluding carboxylic acids is 2. The minimum absolute atomic E-state index is 0.335. The van der Waals surface area contributed by atoms with Crippen LogP contribution in [0.4, 0.5) is 0 Å². The molecule has 1 aromatic heterocycles. The summed E-state index contributed by atoms with van der Waals surface area (Å²) in [5.41, 5.74) is 7.25. The van der Waals surface area contributed by atoms with Crippen molar-refractivity contribution >= 4 is 34.3 Å². The summed E-state index contributed by atoms with van der Waals surface area (Å²) in [5.74, 6) is -0.846. The van der Waals surface area contributed by atoms with Crippen molar-refractivity contribution in [3.05, 3.63) is 76.4 Å². The maximum absolute atomic E-state index is 12.4. The van der Waals surface area contributed by atoms with Gasteiger partial charge in [0.15, 0.2) is 0 Å². The number of nitrogens with zero attached hydrogens (tertiary/aromatic N) is 1. The lowest BCUT2D eigenvalue weighted by atomic mass is 10.1. The number of hydrazine groups is 1. The predicted octanol–water partition coefficient (Wildman–Crippen LogP) is 3.53. The Kier molecular flexibility index (Phi) is 4.95. The fourth-order valence-electron chi connectivity index (χ4n) is 2.47. The molecule has 2 aromatic carbocycles. The quantitative estimate of drug-likeness (QED) is 0.708. The average Bonchev–Trinajstić information content (AvgIpc) is 2.66. The van der Waals surface area contributed by atoms with Gasteiger partial charge in [0.1, 0.15) is 0 Å². The van der Waals surface area contributed by atoms with Crippen LogP contribution in [-0.2, 0) is 6.42 Å². The van der Waals surface area contributed by atoms with Crippen molar-refractivity contribution in [3.63, 3.8) is 0 Å². The Balaban J connectivity index is 1.74. The molecule has 126 valence electrons. The number of hydrogen-bond acceptors (Lipinski definition) is 3. The van der Waals surface area contributed by atoms with Crippen molar-refractivity contribution in [2.45, 2.75) is 13.3 Å². The number of rotatable bonds is 3. The van der Waals surface area contributed by atoms with E-state index < -0.39 is 5.91 Å². The third-order valence-electron chi connectivity index (χ3n) is 3.88. The minimum atomic E-state index is -0.459. The highest BCUT2D eigenvalue weighted by molar-refractivity contribution is 6.36. The molecule has 25 heavy (non-hydrogen) atoms. The topological polar surface area (TPSA) is 71.1 Å². The Morgan fingerprint density at radius 2 is 1.72 bits per heavy atom. The highest BCUT2D eigenvalue weighted by atomic mass is 35.5. The molecule has 2 amide bonds. The van der Waals surface area contributed by atoms with Crippen LogP contribution in [-0.4, -0.2) is 16.8 Å². The molecule has 3 rings (SSSR count). The third-order valence-corrected chi connectivity index (χ3v) is 4.20. The van der Waals surface area contributed by atoms with E-state index in [4.69, 9.17) is 11.6 Å². The van der Waals surface area contributed by atoms with Gasteiger partial charge in [0.25, 0.3) is 11.8 Å². The molecular weight excluding hydrogens is 338 g/mol. The summed E-state index contributed by atoms with van der Waals surface area (Å²) in [6, 6.07) is 14.0. The second-order valence-electron chi connectivity index (χ2n) is 5.45. The Hall–Kier alpha value is -2.92. The summed E-state index contributed by atoms with van der Waals surface area (Å²) in [5, 5.41) is 1.19. The van der Waals surface area contributed by atoms with Crippen molar-refractivity contribution < 1.29 is 9.59 Å². The second kappa shape index (κ2) is 7.32. The van der Waals surface area contributed by atoms with Gasteiger partial charge in [-0.3, -0.25) is 25.4 Å². The summed E-state index contributed by atoms with van der Waals surface area (Å²) in [7, 11) is 0. The number of hydrogen-bond donors (Lipinski definition) is 2. The fraction of sp³-hybridized carbons (Fsp3) is 0.105. The van der Waals surface area contributed by atoms with Crippen LogP contribution < -0.4 is 10.9 Å². The van der Waals surface area contributed by atoms with Crippen LogP contribution in [0.25, 0.3) is 10.9 Å². The number of halogens is 1. The molecule has 0 unspecified atom stereocenters. The van der Waals surface area contributed by atoms with Crippen molar-refractivity contribution in [1.82, 2.24) is 15.8 Å². The molecule has 0 saturated heterocycles. The minimum Gasteiger partial charge on any atom is -0.267 e. The first-order valence-corrected chi connectivity index (χ1v) is 8.21. The average molecular weight is 354 g/mol. The molecule has 0 bridgehead atoms. The van der Waals surface area contributed by atoms with Crippen molar-refractivity contribution in [2.75, 3.05) is 0 Å². The number of nitrogens with one attached hydrogen (secondary N) is 2. The first kappa shape index (κ1) is 16.9. The van der Waals surface area contributed by atoms with E-state index in [0.717, 1.165) is 12.0 Å². The fourth-order valence-corrected chi connectivity index (χ4v) is 2.68. The number of benzene rings is 2. The molecule has 0 aliphatic heterocycles. The van der Waals surface area contributed by atoms with Crippen LogP contribution in [0.2, 0.25) is 5.02 Å². The van der Waals surface area contributed by atoms with Gasteiger partial charge in [0, 0.05) is 17.1 Å². The van der Waals surface area contributed by atoms with Gasteiger partial charge in [0.05, 0.1) is 16.1 Å². The Morgan fingerprint density at radius 1 is 1.00 bits per heavy atom. The zero-order chi connectivity index (χ0) is 17.8. The largest absolute Gasteiger partial charge is 0.271 e. The summed E-state index contributed by atoms with van der Waals surface area (Å²) < 4.78 is 0. The van der Waals surface area contributed by atoms with Gasteiger partial charge in [-0.05, 0) is 48.4 Å². The van der Waals surface area contributed by atoms with Gasteiger partial charge in [-0.2, -0.15) is 0 Å². The molecule has 0 aliphatic carbocycles. The van der Waals surface area contributed by atoms with Gasteiger partial charge in [0.2, 0.25) is 0 Å². The highest BCUT2D eigenvalue weighted by Crippen LogP contribution is 2.24. The predicted molar refractivity (Wildman–Crippen MR) is 97.5 cm³/mol. The Morgan fingerprint density at radius 3 is 2.44 bits per heavy atom. The van der Waals surface area contributed by atoms with Gasteiger partial charge in [-0.25, -0.2) is 0 Å². The molecule has 0 spiro atoms. The molecule has 5 nitrogen and oxygen atoms in total. The van der Waals surface area contributed by atoms with Crippen LogP contribution in [0.15, 0.2) is 54.7 Å². The number of fused-ring (bicyclic) bond motifs is 1. The van der Waals surface area contributed by atoms with Crippen LogP contribution in [0, 0.1) is 0 Å². The molecule has 2 N–H and O–H groups in total.